The highest BCUT2D eigenvalue weighted by Crippen LogP contribution is 2.30. The van der Waals surface area contributed by atoms with Crippen molar-refractivity contribution in [1.82, 2.24) is 15.0 Å². The fourth-order valence-corrected chi connectivity index (χ4v) is 2.92. The smallest absolute Gasteiger partial charge is 0.162 e. The van der Waals surface area contributed by atoms with Crippen LogP contribution in [0.1, 0.15) is 0 Å². The molecule has 17 heavy (non-hydrogen) atoms. The van der Waals surface area contributed by atoms with Gasteiger partial charge in [-0.3, -0.25) is 4.98 Å². The Bertz CT molecular complexity index is 698. The van der Waals surface area contributed by atoms with Crippen molar-refractivity contribution < 1.29 is 4.39 Å². The summed E-state index contributed by atoms with van der Waals surface area (Å²) in [6.07, 6.45) is 4.38. The van der Waals surface area contributed by atoms with Gasteiger partial charge in [-0.25, -0.2) is 14.4 Å². The van der Waals surface area contributed by atoms with Crippen molar-refractivity contribution in [2.24, 2.45) is 0 Å². The first-order valence-corrected chi connectivity index (χ1v) is 6.42. The lowest BCUT2D eigenvalue weighted by atomic mass is 10.2. The van der Waals surface area contributed by atoms with Gasteiger partial charge in [-0.05, 0) is 22.0 Å². The number of nitrogens with zero attached hydrogens (tertiary/aromatic N) is 3. The highest BCUT2D eigenvalue weighted by atomic mass is 79.9. The highest BCUT2D eigenvalue weighted by Gasteiger charge is 2.10. The van der Waals surface area contributed by atoms with E-state index in [9.17, 15) is 4.39 Å². The van der Waals surface area contributed by atoms with Gasteiger partial charge in [0, 0.05) is 17.8 Å². The second-order valence-electron chi connectivity index (χ2n) is 3.35. The van der Waals surface area contributed by atoms with Crippen molar-refractivity contribution in [3.63, 3.8) is 0 Å². The van der Waals surface area contributed by atoms with Gasteiger partial charge < -0.3 is 0 Å². The van der Waals surface area contributed by atoms with Gasteiger partial charge in [0.05, 0.1) is 26.4 Å². The first-order valence-electron chi connectivity index (χ1n) is 4.75. The first kappa shape index (κ1) is 10.7. The molecule has 0 N–H and O–H groups in total. The third kappa shape index (κ3) is 1.83. The van der Waals surface area contributed by atoms with E-state index in [1.807, 2.05) is 5.38 Å². The minimum Gasteiger partial charge on any atom is -0.262 e. The fraction of sp³-hybridized carbons (Fsp3) is 0. The minimum absolute atomic E-state index is 0.361. The van der Waals surface area contributed by atoms with Crippen LogP contribution in [-0.4, -0.2) is 15.0 Å². The van der Waals surface area contributed by atoms with E-state index in [0.717, 1.165) is 20.9 Å². The van der Waals surface area contributed by atoms with Crippen LogP contribution in [0.25, 0.3) is 21.6 Å². The SMILES string of the molecule is Fc1cnccc1-c1ncc2scc(Br)c2n1. The molecule has 0 bridgehead atoms. The Labute approximate surface area is 109 Å². The standard InChI is InChI=1S/C11H5BrFN3S/c12-7-5-17-9-4-15-11(16-10(7)9)6-1-2-14-3-8(6)13/h1-5H. The molecule has 0 saturated carbocycles. The van der Waals surface area contributed by atoms with Gasteiger partial charge in [0.25, 0.3) is 0 Å². The zero-order valence-corrected chi connectivity index (χ0v) is 10.8. The molecule has 0 spiro atoms. The molecule has 0 atom stereocenters. The minimum atomic E-state index is -0.418. The monoisotopic (exact) mass is 309 g/mol. The Morgan fingerprint density at radius 1 is 1.29 bits per heavy atom. The normalized spacial score (nSPS) is 10.9. The molecule has 0 fully saturated rings. The molecule has 3 aromatic rings. The van der Waals surface area contributed by atoms with Crippen LogP contribution in [-0.2, 0) is 0 Å². The largest absolute Gasteiger partial charge is 0.262 e. The summed E-state index contributed by atoms with van der Waals surface area (Å²) in [6, 6.07) is 1.57. The Morgan fingerprint density at radius 3 is 3.00 bits per heavy atom. The Balaban J connectivity index is 2.24. The van der Waals surface area contributed by atoms with Crippen molar-refractivity contribution >= 4 is 37.5 Å². The summed E-state index contributed by atoms with van der Waals surface area (Å²) >= 11 is 4.95. The summed E-state index contributed by atoms with van der Waals surface area (Å²) < 4.78 is 15.4. The molecule has 0 unspecified atom stereocenters. The molecule has 0 aliphatic heterocycles. The topological polar surface area (TPSA) is 38.7 Å². The fourth-order valence-electron chi connectivity index (χ4n) is 1.49. The quantitative estimate of drug-likeness (QED) is 0.688. The number of hydrogen-bond acceptors (Lipinski definition) is 4. The maximum Gasteiger partial charge on any atom is 0.162 e. The summed E-state index contributed by atoms with van der Waals surface area (Å²) in [5.74, 6) is -0.0466. The van der Waals surface area contributed by atoms with Gasteiger partial charge in [0.15, 0.2) is 11.6 Å². The third-order valence-electron chi connectivity index (χ3n) is 2.28. The third-order valence-corrected chi connectivity index (χ3v) is 4.10. The van der Waals surface area contributed by atoms with Crippen molar-refractivity contribution in [3.8, 4) is 11.4 Å². The van der Waals surface area contributed by atoms with Crippen molar-refractivity contribution in [1.29, 1.82) is 0 Å². The molecule has 0 amide bonds. The van der Waals surface area contributed by atoms with E-state index in [2.05, 4.69) is 30.9 Å². The number of fused-ring (bicyclic) bond motifs is 1. The number of thiophene rings is 1. The average Bonchev–Trinajstić information content (AvgIpc) is 2.71. The van der Waals surface area contributed by atoms with Crippen molar-refractivity contribution in [3.05, 3.63) is 40.3 Å². The van der Waals surface area contributed by atoms with Gasteiger partial charge in [-0.15, -0.1) is 11.3 Å². The molecular weight excluding hydrogens is 305 g/mol. The van der Waals surface area contributed by atoms with Gasteiger partial charge in [0.2, 0.25) is 0 Å². The number of rotatable bonds is 1. The lowest BCUT2D eigenvalue weighted by Crippen LogP contribution is -1.92. The van der Waals surface area contributed by atoms with Crippen LogP contribution >= 0.6 is 27.3 Å². The van der Waals surface area contributed by atoms with E-state index in [0.29, 0.717) is 11.4 Å². The predicted octanol–water partition coefficient (Wildman–Crippen LogP) is 3.65. The second kappa shape index (κ2) is 4.12. The van der Waals surface area contributed by atoms with Crippen LogP contribution < -0.4 is 0 Å². The van der Waals surface area contributed by atoms with Gasteiger partial charge in [0.1, 0.15) is 0 Å². The van der Waals surface area contributed by atoms with Crippen molar-refractivity contribution in [2.45, 2.75) is 0 Å². The molecular formula is C11H5BrFN3S. The molecule has 0 aliphatic rings. The molecule has 0 radical (unpaired) electrons. The summed E-state index contributed by atoms with van der Waals surface area (Å²) in [7, 11) is 0. The van der Waals surface area contributed by atoms with Crippen molar-refractivity contribution in [2.75, 3.05) is 0 Å². The molecule has 3 heterocycles. The zero-order valence-electron chi connectivity index (χ0n) is 8.39. The van der Waals surface area contributed by atoms with E-state index >= 15 is 0 Å². The number of aromatic nitrogens is 3. The lowest BCUT2D eigenvalue weighted by molar-refractivity contribution is 0.623. The summed E-state index contributed by atoms with van der Waals surface area (Å²) in [5.41, 5.74) is 1.16. The van der Waals surface area contributed by atoms with E-state index in [1.54, 1.807) is 23.6 Å². The van der Waals surface area contributed by atoms with E-state index in [-0.39, 0.29) is 0 Å². The van der Waals surface area contributed by atoms with Crippen LogP contribution in [0.15, 0.2) is 34.5 Å². The first-order chi connectivity index (χ1) is 8.25. The molecule has 3 nitrogen and oxygen atoms in total. The number of pyridine rings is 1. The van der Waals surface area contributed by atoms with E-state index in [4.69, 9.17) is 0 Å². The molecule has 0 aliphatic carbocycles. The van der Waals surface area contributed by atoms with Gasteiger partial charge >= 0.3 is 0 Å². The van der Waals surface area contributed by atoms with Gasteiger partial charge in [-0.1, -0.05) is 0 Å². The van der Waals surface area contributed by atoms with Gasteiger partial charge in [-0.2, -0.15) is 0 Å². The summed E-state index contributed by atoms with van der Waals surface area (Å²) in [4.78, 5) is 12.2. The molecule has 3 rings (SSSR count). The lowest BCUT2D eigenvalue weighted by Gasteiger charge is -2.00. The second-order valence-corrected chi connectivity index (χ2v) is 5.11. The van der Waals surface area contributed by atoms with Crippen LogP contribution in [0.2, 0.25) is 0 Å². The van der Waals surface area contributed by atoms with E-state index in [1.165, 1.54) is 6.20 Å². The molecule has 0 saturated heterocycles. The zero-order chi connectivity index (χ0) is 11.8. The summed E-state index contributed by atoms with van der Waals surface area (Å²) in [5, 5.41) is 1.94. The van der Waals surface area contributed by atoms with Crippen LogP contribution in [0, 0.1) is 5.82 Å². The Kier molecular flexibility index (Phi) is 2.60. The summed E-state index contributed by atoms with van der Waals surface area (Å²) in [6.45, 7) is 0. The predicted molar refractivity (Wildman–Crippen MR) is 68.3 cm³/mol. The van der Waals surface area contributed by atoms with Crippen LogP contribution in [0.5, 0.6) is 0 Å². The Morgan fingerprint density at radius 2 is 2.18 bits per heavy atom. The number of hydrogen-bond donors (Lipinski definition) is 0. The molecule has 84 valence electrons. The van der Waals surface area contributed by atoms with E-state index < -0.39 is 5.82 Å². The number of halogens is 2. The Hall–Kier alpha value is -1.40. The average molecular weight is 310 g/mol. The maximum absolute atomic E-state index is 13.6. The molecule has 0 aromatic carbocycles. The highest BCUT2D eigenvalue weighted by molar-refractivity contribution is 9.10. The molecule has 6 heteroatoms. The maximum atomic E-state index is 13.6. The van der Waals surface area contributed by atoms with Crippen LogP contribution in [0.4, 0.5) is 4.39 Å². The van der Waals surface area contributed by atoms with Crippen LogP contribution in [0.3, 0.4) is 0 Å². The molecule has 3 aromatic heterocycles.